The van der Waals surface area contributed by atoms with Crippen LogP contribution in [0.2, 0.25) is 0 Å². The highest BCUT2D eigenvalue weighted by atomic mass is 15.2. The van der Waals surface area contributed by atoms with Crippen LogP contribution in [0.5, 0.6) is 0 Å². The zero-order valence-corrected chi connectivity index (χ0v) is 17.1. The lowest BCUT2D eigenvalue weighted by Gasteiger charge is -2.28. The Morgan fingerprint density at radius 1 is 0.900 bits per heavy atom. The highest BCUT2D eigenvalue weighted by molar-refractivity contribution is 5.73. The molecule has 3 aromatic rings. The van der Waals surface area contributed by atoms with Crippen molar-refractivity contribution >= 4 is 11.6 Å². The molecule has 2 N–H and O–H groups in total. The summed E-state index contributed by atoms with van der Waals surface area (Å²) in [5, 5.41) is 3.38. The maximum Gasteiger partial charge on any atom is 0.128 e. The van der Waals surface area contributed by atoms with Crippen LogP contribution >= 0.6 is 0 Å². The maximum atomic E-state index is 5.80. The second-order valence-corrected chi connectivity index (χ2v) is 7.86. The molecule has 0 spiro atoms. The molecular formula is C24H26N6. The summed E-state index contributed by atoms with van der Waals surface area (Å²) in [7, 11) is 0. The number of aromatic nitrogens is 3. The first-order valence-corrected chi connectivity index (χ1v) is 10.6. The van der Waals surface area contributed by atoms with Gasteiger partial charge >= 0.3 is 0 Å². The van der Waals surface area contributed by atoms with Crippen molar-refractivity contribution in [1.29, 1.82) is 0 Å². The van der Waals surface area contributed by atoms with Crippen LogP contribution in [0.15, 0.2) is 42.7 Å². The molecule has 3 aromatic heterocycles. The number of piperazine rings is 1. The smallest absolute Gasteiger partial charge is 0.128 e. The van der Waals surface area contributed by atoms with Crippen molar-refractivity contribution in [2.24, 2.45) is 0 Å². The molecular weight excluding hydrogens is 372 g/mol. The first kappa shape index (κ1) is 18.7. The fourth-order valence-electron chi connectivity index (χ4n) is 4.27. The average Bonchev–Trinajstić information content (AvgIpc) is 3.50. The van der Waals surface area contributed by atoms with E-state index < -0.39 is 0 Å². The van der Waals surface area contributed by atoms with Crippen LogP contribution < -0.4 is 15.1 Å². The van der Waals surface area contributed by atoms with E-state index in [1.54, 1.807) is 0 Å². The lowest BCUT2D eigenvalue weighted by molar-refractivity contribution is 0.585. The largest absolute Gasteiger partial charge is 0.357 e. The predicted molar refractivity (Wildman–Crippen MR) is 122 cm³/mol. The van der Waals surface area contributed by atoms with E-state index in [1.807, 2.05) is 18.5 Å². The third-order valence-corrected chi connectivity index (χ3v) is 5.93. The van der Waals surface area contributed by atoms with E-state index >= 15 is 0 Å². The molecule has 0 amide bonds. The van der Waals surface area contributed by atoms with Gasteiger partial charge in [-0.1, -0.05) is 5.92 Å². The minimum Gasteiger partial charge on any atom is -0.357 e. The topological polar surface area (TPSA) is 60.1 Å². The Morgan fingerprint density at radius 3 is 2.47 bits per heavy atom. The van der Waals surface area contributed by atoms with Crippen molar-refractivity contribution in [3.8, 4) is 34.9 Å². The van der Waals surface area contributed by atoms with Crippen LogP contribution in [0, 0.1) is 12.3 Å². The number of rotatable bonds is 4. The summed E-state index contributed by atoms with van der Waals surface area (Å²) in [6.45, 7) is 6.03. The molecule has 30 heavy (non-hydrogen) atoms. The normalized spacial score (nSPS) is 16.6. The second kappa shape index (κ2) is 8.21. The van der Waals surface area contributed by atoms with E-state index in [1.165, 1.54) is 12.8 Å². The average molecular weight is 399 g/mol. The van der Waals surface area contributed by atoms with E-state index in [9.17, 15) is 0 Å². The number of nitrogens with zero attached hydrogens (tertiary/aromatic N) is 4. The molecule has 0 bridgehead atoms. The molecule has 0 saturated carbocycles. The third kappa shape index (κ3) is 3.64. The van der Waals surface area contributed by atoms with Crippen molar-refractivity contribution in [2.45, 2.75) is 12.8 Å². The molecule has 152 valence electrons. The van der Waals surface area contributed by atoms with E-state index in [0.29, 0.717) is 0 Å². The Morgan fingerprint density at radius 2 is 1.73 bits per heavy atom. The van der Waals surface area contributed by atoms with E-state index in [0.717, 1.165) is 79.0 Å². The molecule has 2 aliphatic rings. The van der Waals surface area contributed by atoms with Crippen LogP contribution in [0.4, 0.5) is 11.6 Å². The van der Waals surface area contributed by atoms with Gasteiger partial charge in [0.1, 0.15) is 11.6 Å². The van der Waals surface area contributed by atoms with Gasteiger partial charge in [-0.05, 0) is 43.2 Å². The highest BCUT2D eigenvalue weighted by Gasteiger charge is 2.18. The summed E-state index contributed by atoms with van der Waals surface area (Å²) in [6.07, 6.45) is 12.1. The lowest BCUT2D eigenvalue weighted by Crippen LogP contribution is -2.44. The van der Waals surface area contributed by atoms with Crippen LogP contribution in [0.1, 0.15) is 18.4 Å². The molecule has 0 unspecified atom stereocenters. The maximum absolute atomic E-state index is 5.80. The Bertz CT molecular complexity index is 1050. The van der Waals surface area contributed by atoms with Crippen molar-refractivity contribution in [3.63, 3.8) is 0 Å². The number of H-pyrrole nitrogens is 1. The Hall–Kier alpha value is -3.30. The number of aromatic amines is 1. The zero-order chi connectivity index (χ0) is 20.3. The lowest BCUT2D eigenvalue weighted by atomic mass is 10.1. The summed E-state index contributed by atoms with van der Waals surface area (Å²) in [6, 6.07) is 10.4. The summed E-state index contributed by atoms with van der Waals surface area (Å²) in [5.41, 5.74) is 4.92. The Kier molecular flexibility index (Phi) is 5.12. The predicted octanol–water partition coefficient (Wildman–Crippen LogP) is 3.13. The highest BCUT2D eigenvalue weighted by Crippen LogP contribution is 2.30. The molecule has 5 rings (SSSR count). The standard InChI is InChI=1S/C24H26N6/c1-2-18-15-22(28-24(18)30-13-9-25-10-14-30)19-7-8-26-21(16-19)20-5-6-23(27-17-20)29-11-3-4-12-29/h1,5-8,15-17,25,28H,3-4,9-14H2. The van der Waals surface area contributed by atoms with Crippen molar-refractivity contribution in [3.05, 3.63) is 48.3 Å². The first-order valence-electron chi connectivity index (χ1n) is 10.6. The number of hydrogen-bond acceptors (Lipinski definition) is 5. The molecule has 0 atom stereocenters. The number of hydrogen-bond donors (Lipinski definition) is 2. The van der Waals surface area contributed by atoms with Crippen molar-refractivity contribution in [2.75, 3.05) is 49.1 Å². The van der Waals surface area contributed by atoms with E-state index in [4.69, 9.17) is 6.42 Å². The molecule has 2 fully saturated rings. The molecule has 2 aliphatic heterocycles. The van der Waals surface area contributed by atoms with Gasteiger partial charge in [0.05, 0.1) is 11.3 Å². The number of pyridine rings is 2. The van der Waals surface area contributed by atoms with Crippen LogP contribution in [0.25, 0.3) is 22.5 Å². The SMILES string of the molecule is C#Cc1cc(-c2ccnc(-c3ccc(N4CCCC4)nc3)c2)[nH]c1N1CCNCC1. The van der Waals surface area contributed by atoms with Crippen LogP contribution in [-0.2, 0) is 0 Å². The summed E-state index contributed by atoms with van der Waals surface area (Å²) in [4.78, 5) is 17.5. The fraction of sp³-hybridized carbons (Fsp3) is 0.333. The molecule has 6 nitrogen and oxygen atoms in total. The Balaban J connectivity index is 1.42. The van der Waals surface area contributed by atoms with Crippen LogP contribution in [-0.4, -0.2) is 54.2 Å². The van der Waals surface area contributed by atoms with Crippen LogP contribution in [0.3, 0.4) is 0 Å². The first-order chi connectivity index (χ1) is 14.8. The van der Waals surface area contributed by atoms with Gasteiger partial charge < -0.3 is 20.1 Å². The third-order valence-electron chi connectivity index (χ3n) is 5.93. The minimum atomic E-state index is 0.905. The number of nitrogens with one attached hydrogen (secondary N) is 2. The fourth-order valence-corrected chi connectivity index (χ4v) is 4.27. The van der Waals surface area contributed by atoms with Crippen molar-refractivity contribution in [1.82, 2.24) is 20.3 Å². The number of anilines is 2. The van der Waals surface area contributed by atoms with Gasteiger partial charge in [-0.15, -0.1) is 6.42 Å². The monoisotopic (exact) mass is 398 g/mol. The number of terminal acetylenes is 1. The van der Waals surface area contributed by atoms with Gasteiger partial charge in [-0.25, -0.2) is 4.98 Å². The zero-order valence-electron chi connectivity index (χ0n) is 17.1. The van der Waals surface area contributed by atoms with Gasteiger partial charge in [0, 0.05) is 68.5 Å². The molecule has 2 saturated heterocycles. The van der Waals surface area contributed by atoms with Gasteiger partial charge in [0.25, 0.3) is 0 Å². The van der Waals surface area contributed by atoms with Gasteiger partial charge in [-0.2, -0.15) is 0 Å². The minimum absolute atomic E-state index is 0.905. The van der Waals surface area contributed by atoms with E-state index in [2.05, 4.69) is 60.3 Å². The quantitative estimate of drug-likeness (QED) is 0.662. The van der Waals surface area contributed by atoms with Crippen molar-refractivity contribution < 1.29 is 0 Å². The van der Waals surface area contributed by atoms with E-state index in [-0.39, 0.29) is 0 Å². The van der Waals surface area contributed by atoms with Gasteiger partial charge in [0.2, 0.25) is 0 Å². The summed E-state index contributed by atoms with van der Waals surface area (Å²) < 4.78 is 0. The molecule has 0 aromatic carbocycles. The van der Waals surface area contributed by atoms with Gasteiger partial charge in [0.15, 0.2) is 0 Å². The van der Waals surface area contributed by atoms with Gasteiger partial charge in [-0.3, -0.25) is 4.98 Å². The molecule has 0 aliphatic carbocycles. The Labute approximate surface area is 177 Å². The summed E-state index contributed by atoms with van der Waals surface area (Å²) >= 11 is 0. The second-order valence-electron chi connectivity index (χ2n) is 7.86. The summed E-state index contributed by atoms with van der Waals surface area (Å²) in [5.74, 6) is 4.92. The molecule has 5 heterocycles. The molecule has 6 heteroatoms. The molecule has 0 radical (unpaired) electrons.